The molecular formula is C19H15NO3. The summed E-state index contributed by atoms with van der Waals surface area (Å²) in [7, 11) is 0. The molecule has 4 nitrogen and oxygen atoms in total. The predicted molar refractivity (Wildman–Crippen MR) is 89.6 cm³/mol. The number of aromatic nitrogens is 1. The third kappa shape index (κ3) is 3.06. The van der Waals surface area contributed by atoms with Crippen molar-refractivity contribution >= 4 is 5.97 Å². The van der Waals surface area contributed by atoms with Crippen molar-refractivity contribution in [3.63, 3.8) is 0 Å². The zero-order valence-electron chi connectivity index (χ0n) is 12.5. The molecule has 23 heavy (non-hydrogen) atoms. The zero-order chi connectivity index (χ0) is 16.4. The smallest absolute Gasteiger partial charge is 0.336 e. The highest BCUT2D eigenvalue weighted by Crippen LogP contribution is 2.26. The summed E-state index contributed by atoms with van der Waals surface area (Å²) in [6, 6.07) is 17.8. The molecule has 2 N–H and O–H groups in total. The topological polar surface area (TPSA) is 70.2 Å². The monoisotopic (exact) mass is 305 g/mol. The van der Waals surface area contributed by atoms with Crippen LogP contribution in [0.3, 0.4) is 0 Å². The Bertz CT molecular complexity index is 924. The molecule has 2 aromatic carbocycles. The fraction of sp³-hybridized carbons (Fsp3) is 0.0526. The summed E-state index contributed by atoms with van der Waals surface area (Å²) in [5.41, 5.74) is 3.68. The van der Waals surface area contributed by atoms with Gasteiger partial charge in [0.05, 0.1) is 5.56 Å². The van der Waals surface area contributed by atoms with Gasteiger partial charge >= 0.3 is 5.97 Å². The minimum absolute atomic E-state index is 0.157. The summed E-state index contributed by atoms with van der Waals surface area (Å²) in [5.74, 6) is -1.03. The minimum atomic E-state index is -1.03. The van der Waals surface area contributed by atoms with Crippen LogP contribution >= 0.6 is 0 Å². The molecule has 0 unspecified atom stereocenters. The zero-order valence-corrected chi connectivity index (χ0v) is 12.5. The van der Waals surface area contributed by atoms with Gasteiger partial charge in [0.15, 0.2) is 0 Å². The molecule has 0 atom stereocenters. The van der Waals surface area contributed by atoms with Gasteiger partial charge in [-0.05, 0) is 30.2 Å². The maximum Gasteiger partial charge on any atom is 0.336 e. The number of carboxylic acid groups (broad SMARTS) is 1. The molecular weight excluding hydrogens is 290 g/mol. The lowest BCUT2D eigenvalue weighted by molar-refractivity contribution is 0.0697. The van der Waals surface area contributed by atoms with Gasteiger partial charge in [-0.1, -0.05) is 48.0 Å². The third-order valence-corrected chi connectivity index (χ3v) is 3.68. The third-order valence-electron chi connectivity index (χ3n) is 3.68. The lowest BCUT2D eigenvalue weighted by Crippen LogP contribution is -2.08. The number of aryl methyl sites for hydroxylation is 1. The summed E-state index contributed by atoms with van der Waals surface area (Å²) in [6.07, 6.45) is 0. The first-order valence-electron chi connectivity index (χ1n) is 7.19. The van der Waals surface area contributed by atoms with Crippen molar-refractivity contribution in [1.29, 1.82) is 0 Å². The van der Waals surface area contributed by atoms with E-state index in [1.807, 2.05) is 31.2 Å². The van der Waals surface area contributed by atoms with Crippen LogP contribution in [0, 0.1) is 6.92 Å². The second kappa shape index (κ2) is 5.93. The van der Waals surface area contributed by atoms with E-state index in [0.717, 1.165) is 16.7 Å². The standard InChI is InChI=1S/C19H15NO3/c1-12-6-8-13(9-7-12)14-10-17(20-18(21)11-14)15-4-2-3-5-16(15)19(22)23/h2-11H,1H3,(H,20,21)(H,22,23). The Morgan fingerprint density at radius 3 is 2.35 bits per heavy atom. The first-order chi connectivity index (χ1) is 11.0. The molecule has 0 amide bonds. The maximum atomic E-state index is 12.0. The van der Waals surface area contributed by atoms with Crippen LogP contribution in [0.15, 0.2) is 65.5 Å². The molecule has 0 fully saturated rings. The van der Waals surface area contributed by atoms with Crippen LogP contribution in [0.1, 0.15) is 15.9 Å². The molecule has 3 rings (SSSR count). The number of benzene rings is 2. The van der Waals surface area contributed by atoms with Crippen molar-refractivity contribution < 1.29 is 9.90 Å². The summed E-state index contributed by atoms with van der Waals surface area (Å²) < 4.78 is 0. The number of pyridine rings is 1. The molecule has 114 valence electrons. The van der Waals surface area contributed by atoms with E-state index in [4.69, 9.17) is 0 Å². The average molecular weight is 305 g/mol. The summed E-state index contributed by atoms with van der Waals surface area (Å²) >= 11 is 0. The van der Waals surface area contributed by atoms with Crippen molar-refractivity contribution in [2.24, 2.45) is 0 Å². The van der Waals surface area contributed by atoms with Crippen LogP contribution in [0.5, 0.6) is 0 Å². The van der Waals surface area contributed by atoms with E-state index in [1.165, 1.54) is 12.1 Å². The van der Waals surface area contributed by atoms with Crippen LogP contribution < -0.4 is 5.56 Å². The van der Waals surface area contributed by atoms with Gasteiger partial charge in [0, 0.05) is 17.3 Å². The molecule has 1 aromatic heterocycles. The van der Waals surface area contributed by atoms with Crippen molar-refractivity contribution in [2.75, 3.05) is 0 Å². The number of nitrogens with one attached hydrogen (secondary N) is 1. The maximum absolute atomic E-state index is 12.0. The van der Waals surface area contributed by atoms with E-state index < -0.39 is 5.97 Å². The van der Waals surface area contributed by atoms with Crippen LogP contribution in [0.25, 0.3) is 22.4 Å². The second-order valence-electron chi connectivity index (χ2n) is 5.36. The molecule has 1 heterocycles. The van der Waals surface area contributed by atoms with E-state index in [0.29, 0.717) is 11.3 Å². The average Bonchev–Trinajstić information content (AvgIpc) is 2.55. The van der Waals surface area contributed by atoms with Gasteiger partial charge in [-0.2, -0.15) is 0 Å². The lowest BCUT2D eigenvalue weighted by Gasteiger charge is -2.08. The van der Waals surface area contributed by atoms with Crippen molar-refractivity contribution in [2.45, 2.75) is 6.92 Å². The Hall–Kier alpha value is -3.14. The molecule has 4 heteroatoms. The number of hydrogen-bond acceptors (Lipinski definition) is 2. The Morgan fingerprint density at radius 1 is 0.957 bits per heavy atom. The number of H-pyrrole nitrogens is 1. The van der Waals surface area contributed by atoms with Crippen LogP contribution in [-0.4, -0.2) is 16.1 Å². The van der Waals surface area contributed by atoms with Crippen LogP contribution in [-0.2, 0) is 0 Å². The fourth-order valence-electron chi connectivity index (χ4n) is 2.51. The van der Waals surface area contributed by atoms with Crippen LogP contribution in [0.4, 0.5) is 0 Å². The van der Waals surface area contributed by atoms with Gasteiger partial charge in [0.1, 0.15) is 0 Å². The number of carboxylic acids is 1. The van der Waals surface area contributed by atoms with Crippen molar-refractivity contribution in [1.82, 2.24) is 4.98 Å². The molecule has 0 aliphatic carbocycles. The molecule has 0 saturated carbocycles. The molecule has 3 aromatic rings. The summed E-state index contributed by atoms with van der Waals surface area (Å²) in [4.78, 5) is 26.1. The normalized spacial score (nSPS) is 10.5. The second-order valence-corrected chi connectivity index (χ2v) is 5.36. The molecule has 0 bridgehead atoms. The summed E-state index contributed by atoms with van der Waals surface area (Å²) in [6.45, 7) is 2.00. The molecule has 0 aliphatic heterocycles. The molecule has 0 radical (unpaired) electrons. The Kier molecular flexibility index (Phi) is 3.81. The first kappa shape index (κ1) is 14.8. The predicted octanol–water partition coefficient (Wildman–Crippen LogP) is 3.72. The van der Waals surface area contributed by atoms with E-state index in [2.05, 4.69) is 4.98 Å². The Balaban J connectivity index is 2.17. The molecule has 0 aliphatic rings. The van der Waals surface area contributed by atoms with Gasteiger partial charge in [-0.3, -0.25) is 4.79 Å². The Morgan fingerprint density at radius 2 is 1.65 bits per heavy atom. The van der Waals surface area contributed by atoms with E-state index in [9.17, 15) is 14.7 Å². The quantitative estimate of drug-likeness (QED) is 0.775. The number of rotatable bonds is 3. The first-order valence-corrected chi connectivity index (χ1v) is 7.19. The summed E-state index contributed by atoms with van der Waals surface area (Å²) in [5, 5.41) is 9.32. The largest absolute Gasteiger partial charge is 0.478 e. The van der Waals surface area contributed by atoms with Crippen LogP contribution in [0.2, 0.25) is 0 Å². The number of aromatic carboxylic acids is 1. The van der Waals surface area contributed by atoms with Crippen molar-refractivity contribution in [3.8, 4) is 22.4 Å². The van der Waals surface area contributed by atoms with Gasteiger partial charge in [-0.15, -0.1) is 0 Å². The van der Waals surface area contributed by atoms with E-state index in [-0.39, 0.29) is 11.1 Å². The number of hydrogen-bond donors (Lipinski definition) is 2. The minimum Gasteiger partial charge on any atom is -0.478 e. The highest BCUT2D eigenvalue weighted by molar-refractivity contribution is 5.95. The van der Waals surface area contributed by atoms with Crippen molar-refractivity contribution in [3.05, 3.63) is 82.1 Å². The lowest BCUT2D eigenvalue weighted by atomic mass is 10.00. The van der Waals surface area contributed by atoms with E-state index >= 15 is 0 Å². The molecule has 0 spiro atoms. The van der Waals surface area contributed by atoms with Gasteiger partial charge in [0.2, 0.25) is 5.56 Å². The van der Waals surface area contributed by atoms with Gasteiger partial charge < -0.3 is 10.1 Å². The fourth-order valence-corrected chi connectivity index (χ4v) is 2.51. The number of aromatic amines is 1. The SMILES string of the molecule is Cc1ccc(-c2cc(-c3ccccc3C(=O)O)[nH]c(=O)c2)cc1. The highest BCUT2D eigenvalue weighted by Gasteiger charge is 2.12. The number of carbonyl (C=O) groups is 1. The molecule has 0 saturated heterocycles. The van der Waals surface area contributed by atoms with E-state index in [1.54, 1.807) is 24.3 Å². The van der Waals surface area contributed by atoms with Gasteiger partial charge in [0.25, 0.3) is 0 Å². The highest BCUT2D eigenvalue weighted by atomic mass is 16.4. The Labute approximate surface area is 133 Å². The van der Waals surface area contributed by atoms with Gasteiger partial charge in [-0.25, -0.2) is 4.79 Å².